The molecule has 0 heterocycles. The number of ether oxygens (including phenoxy) is 2. The van der Waals surface area contributed by atoms with E-state index in [0.29, 0.717) is 26.3 Å². The summed E-state index contributed by atoms with van der Waals surface area (Å²) >= 11 is 0. The molecule has 0 saturated carbocycles. The Balaban J connectivity index is 2.34. The molecule has 2 N–H and O–H groups in total. The highest BCUT2D eigenvalue weighted by Crippen LogP contribution is 2.12. The Kier molecular flexibility index (Phi) is 9.74. The molecular weight excluding hydrogens is 306 g/mol. The third kappa shape index (κ3) is 7.65. The number of carbonyl (C=O) groups excluding carboxylic acids is 1. The van der Waals surface area contributed by atoms with Crippen molar-refractivity contribution in [3.8, 4) is 11.8 Å². The predicted molar refractivity (Wildman–Crippen MR) is 92.5 cm³/mol. The summed E-state index contributed by atoms with van der Waals surface area (Å²) in [4.78, 5) is 11.9. The molecule has 0 spiro atoms. The van der Waals surface area contributed by atoms with Gasteiger partial charge >= 0.3 is 0 Å². The molecule has 0 unspecified atom stereocenters. The second kappa shape index (κ2) is 12.0. The van der Waals surface area contributed by atoms with Gasteiger partial charge in [-0.25, -0.2) is 0 Å². The normalized spacial score (nSPS) is 10.8. The van der Waals surface area contributed by atoms with Gasteiger partial charge in [-0.15, -0.1) is 0 Å². The molecule has 6 heteroatoms. The second-order valence-electron chi connectivity index (χ2n) is 5.03. The zero-order valence-electron chi connectivity index (χ0n) is 14.3. The van der Waals surface area contributed by atoms with Crippen LogP contribution < -0.4 is 15.4 Å². The van der Waals surface area contributed by atoms with Crippen LogP contribution in [0.1, 0.15) is 18.9 Å². The Morgan fingerprint density at radius 1 is 1.38 bits per heavy atom. The van der Waals surface area contributed by atoms with E-state index < -0.39 is 0 Å². The summed E-state index contributed by atoms with van der Waals surface area (Å²) < 4.78 is 10.4. The van der Waals surface area contributed by atoms with Crippen molar-refractivity contribution in [3.05, 3.63) is 41.6 Å². The van der Waals surface area contributed by atoms with Crippen LogP contribution >= 0.6 is 0 Å². The van der Waals surface area contributed by atoms with Crippen LogP contribution in [0, 0.1) is 11.3 Å². The number of benzene rings is 1. The van der Waals surface area contributed by atoms with Crippen LogP contribution in [-0.4, -0.2) is 39.3 Å². The van der Waals surface area contributed by atoms with Gasteiger partial charge in [0.2, 0.25) is 0 Å². The summed E-state index contributed by atoms with van der Waals surface area (Å²) in [5, 5.41) is 14.8. The van der Waals surface area contributed by atoms with Gasteiger partial charge < -0.3 is 20.1 Å². The van der Waals surface area contributed by atoms with Crippen LogP contribution in [0.25, 0.3) is 0 Å². The summed E-state index contributed by atoms with van der Waals surface area (Å²) in [6.45, 7) is 4.29. The average molecular weight is 331 g/mol. The van der Waals surface area contributed by atoms with E-state index in [9.17, 15) is 4.79 Å². The fourth-order valence-electron chi connectivity index (χ4n) is 1.98. The zero-order valence-corrected chi connectivity index (χ0v) is 14.3. The fourth-order valence-corrected chi connectivity index (χ4v) is 1.98. The van der Waals surface area contributed by atoms with Gasteiger partial charge in [-0.05, 0) is 37.5 Å². The van der Waals surface area contributed by atoms with E-state index in [-0.39, 0.29) is 11.5 Å². The van der Waals surface area contributed by atoms with E-state index in [1.165, 1.54) is 6.20 Å². The van der Waals surface area contributed by atoms with Crippen molar-refractivity contribution in [2.45, 2.75) is 19.8 Å². The van der Waals surface area contributed by atoms with Crippen molar-refractivity contribution >= 4 is 5.91 Å². The number of rotatable bonds is 11. The number of nitrogens with one attached hydrogen (secondary N) is 2. The standard InChI is InChI=1S/C18H25N3O3/c1-3-24-11-5-9-21-18(22)16(13-19)14-20-10-8-15-6-4-7-17(12-15)23-2/h4,6-7,12,14,20H,3,5,8-11H2,1-2H3,(H,21,22)/b16-14-. The van der Waals surface area contributed by atoms with Gasteiger partial charge in [-0.3, -0.25) is 4.79 Å². The van der Waals surface area contributed by atoms with Crippen molar-refractivity contribution in [2.75, 3.05) is 33.4 Å². The third-order valence-corrected chi connectivity index (χ3v) is 3.26. The van der Waals surface area contributed by atoms with Crippen LogP contribution in [0.15, 0.2) is 36.0 Å². The smallest absolute Gasteiger partial charge is 0.263 e. The zero-order chi connectivity index (χ0) is 17.6. The molecule has 0 atom stereocenters. The lowest BCUT2D eigenvalue weighted by atomic mass is 10.1. The van der Waals surface area contributed by atoms with Gasteiger partial charge in [0, 0.05) is 32.5 Å². The maximum atomic E-state index is 11.9. The lowest BCUT2D eigenvalue weighted by Gasteiger charge is -2.06. The maximum absolute atomic E-state index is 11.9. The summed E-state index contributed by atoms with van der Waals surface area (Å²) in [5.74, 6) is 0.440. The van der Waals surface area contributed by atoms with E-state index in [4.69, 9.17) is 14.7 Å². The van der Waals surface area contributed by atoms with Gasteiger partial charge in [0.15, 0.2) is 0 Å². The van der Waals surface area contributed by atoms with Crippen molar-refractivity contribution in [2.24, 2.45) is 0 Å². The van der Waals surface area contributed by atoms with Gasteiger partial charge in [-0.2, -0.15) is 5.26 Å². The Bertz CT molecular complexity index is 579. The molecule has 0 aliphatic carbocycles. The van der Waals surface area contributed by atoms with Gasteiger partial charge in [0.05, 0.1) is 7.11 Å². The third-order valence-electron chi connectivity index (χ3n) is 3.26. The van der Waals surface area contributed by atoms with E-state index in [1.807, 2.05) is 37.3 Å². The van der Waals surface area contributed by atoms with Crippen LogP contribution in [0.5, 0.6) is 5.75 Å². The predicted octanol–water partition coefficient (Wildman–Crippen LogP) is 1.78. The number of amides is 1. The van der Waals surface area contributed by atoms with Crippen LogP contribution in [0.4, 0.5) is 0 Å². The van der Waals surface area contributed by atoms with E-state index in [0.717, 1.165) is 24.2 Å². The molecule has 0 fully saturated rings. The van der Waals surface area contributed by atoms with Crippen molar-refractivity contribution in [1.82, 2.24) is 10.6 Å². The maximum Gasteiger partial charge on any atom is 0.263 e. The lowest BCUT2D eigenvalue weighted by Crippen LogP contribution is -2.27. The molecule has 0 bridgehead atoms. The number of nitrogens with zero attached hydrogens (tertiary/aromatic N) is 1. The van der Waals surface area contributed by atoms with Crippen molar-refractivity contribution in [3.63, 3.8) is 0 Å². The topological polar surface area (TPSA) is 83.4 Å². The minimum atomic E-state index is -0.372. The van der Waals surface area contributed by atoms with E-state index >= 15 is 0 Å². The highest BCUT2D eigenvalue weighted by atomic mass is 16.5. The van der Waals surface area contributed by atoms with Gasteiger partial charge in [0.25, 0.3) is 5.91 Å². The average Bonchev–Trinajstić information content (AvgIpc) is 2.61. The molecule has 0 radical (unpaired) electrons. The van der Waals surface area contributed by atoms with E-state index in [1.54, 1.807) is 7.11 Å². The highest BCUT2D eigenvalue weighted by molar-refractivity contribution is 5.97. The second-order valence-corrected chi connectivity index (χ2v) is 5.03. The molecule has 1 aromatic carbocycles. The molecule has 6 nitrogen and oxygen atoms in total. The minimum absolute atomic E-state index is 0.0667. The molecule has 0 aromatic heterocycles. The first-order valence-electron chi connectivity index (χ1n) is 8.03. The van der Waals surface area contributed by atoms with Crippen molar-refractivity contribution in [1.29, 1.82) is 5.26 Å². The summed E-state index contributed by atoms with van der Waals surface area (Å²) in [7, 11) is 1.63. The summed E-state index contributed by atoms with van der Waals surface area (Å²) in [5.41, 5.74) is 1.19. The Labute approximate surface area is 143 Å². The van der Waals surface area contributed by atoms with Gasteiger partial charge in [0.1, 0.15) is 17.4 Å². The van der Waals surface area contributed by atoms with Crippen LogP contribution in [-0.2, 0) is 16.0 Å². The van der Waals surface area contributed by atoms with Crippen LogP contribution in [0.2, 0.25) is 0 Å². The SMILES string of the molecule is CCOCCCNC(=O)/C(C#N)=C\NCCc1cccc(OC)c1. The number of hydrogen-bond donors (Lipinski definition) is 2. The summed E-state index contributed by atoms with van der Waals surface area (Å²) in [6, 6.07) is 9.69. The molecule has 1 rings (SSSR count). The Morgan fingerprint density at radius 2 is 2.21 bits per heavy atom. The lowest BCUT2D eigenvalue weighted by molar-refractivity contribution is -0.117. The summed E-state index contributed by atoms with van der Waals surface area (Å²) in [6.07, 6.45) is 2.95. The first-order valence-corrected chi connectivity index (χ1v) is 8.03. The number of hydrogen-bond acceptors (Lipinski definition) is 5. The molecule has 0 saturated heterocycles. The number of carbonyl (C=O) groups is 1. The Morgan fingerprint density at radius 3 is 2.92 bits per heavy atom. The molecule has 0 aliphatic rings. The monoisotopic (exact) mass is 331 g/mol. The Hall–Kier alpha value is -2.52. The highest BCUT2D eigenvalue weighted by Gasteiger charge is 2.07. The van der Waals surface area contributed by atoms with Crippen LogP contribution in [0.3, 0.4) is 0 Å². The first-order chi connectivity index (χ1) is 11.7. The largest absolute Gasteiger partial charge is 0.497 e. The number of nitriles is 1. The van der Waals surface area contributed by atoms with Gasteiger partial charge in [-0.1, -0.05) is 12.1 Å². The fraction of sp³-hybridized carbons (Fsp3) is 0.444. The number of methoxy groups -OCH3 is 1. The first kappa shape index (κ1) is 19.5. The van der Waals surface area contributed by atoms with E-state index in [2.05, 4.69) is 10.6 Å². The van der Waals surface area contributed by atoms with Crippen molar-refractivity contribution < 1.29 is 14.3 Å². The molecule has 1 amide bonds. The molecule has 24 heavy (non-hydrogen) atoms. The molecule has 0 aliphatic heterocycles. The quantitative estimate of drug-likeness (QED) is 0.367. The molecule has 1 aromatic rings. The minimum Gasteiger partial charge on any atom is -0.497 e. The molecule has 130 valence electrons. The molecular formula is C18H25N3O3.